The average molecular weight is 285 g/mol. The van der Waals surface area contributed by atoms with Gasteiger partial charge in [0.1, 0.15) is 11.5 Å². The van der Waals surface area contributed by atoms with Crippen LogP contribution in [0.5, 0.6) is 11.5 Å². The minimum absolute atomic E-state index is 0.302. The molecule has 1 unspecified atom stereocenters. The third-order valence-corrected chi connectivity index (χ3v) is 4.47. The molecule has 20 heavy (non-hydrogen) atoms. The zero-order valence-electron chi connectivity index (χ0n) is 11.3. The monoisotopic (exact) mass is 285 g/mol. The number of nitrogens with one attached hydrogen (secondary N) is 1. The summed E-state index contributed by atoms with van der Waals surface area (Å²) in [5.41, 5.74) is 1.27. The van der Waals surface area contributed by atoms with E-state index in [-0.39, 0.29) is 0 Å². The van der Waals surface area contributed by atoms with Crippen LogP contribution >= 0.6 is 12.6 Å². The zero-order chi connectivity index (χ0) is 13.8. The minimum atomic E-state index is 0.302. The van der Waals surface area contributed by atoms with Crippen LogP contribution in [-0.4, -0.2) is 13.1 Å². The van der Waals surface area contributed by atoms with Gasteiger partial charge in [-0.3, -0.25) is 0 Å². The highest BCUT2D eigenvalue weighted by molar-refractivity contribution is 7.80. The van der Waals surface area contributed by atoms with E-state index < -0.39 is 0 Å². The molecule has 0 amide bonds. The van der Waals surface area contributed by atoms with Crippen molar-refractivity contribution in [2.75, 3.05) is 13.1 Å². The van der Waals surface area contributed by atoms with E-state index in [9.17, 15) is 0 Å². The van der Waals surface area contributed by atoms with E-state index in [1.165, 1.54) is 12.0 Å². The van der Waals surface area contributed by atoms with Crippen molar-refractivity contribution in [2.45, 2.75) is 11.7 Å². The topological polar surface area (TPSA) is 21.3 Å². The lowest BCUT2D eigenvalue weighted by Crippen LogP contribution is -2.12. The van der Waals surface area contributed by atoms with Gasteiger partial charge in [-0.15, -0.1) is 0 Å². The maximum absolute atomic E-state index is 5.80. The molecule has 2 nitrogen and oxygen atoms in total. The first-order chi connectivity index (χ1) is 9.83. The van der Waals surface area contributed by atoms with Crippen LogP contribution in [0, 0.1) is 5.92 Å². The predicted molar refractivity (Wildman–Crippen MR) is 85.7 cm³/mol. The number of hydrogen-bond donors (Lipinski definition) is 2. The van der Waals surface area contributed by atoms with E-state index in [0.29, 0.717) is 11.2 Å². The van der Waals surface area contributed by atoms with Crippen molar-refractivity contribution in [2.24, 2.45) is 5.92 Å². The molecule has 2 atom stereocenters. The molecule has 2 aromatic carbocycles. The van der Waals surface area contributed by atoms with Crippen molar-refractivity contribution in [1.82, 2.24) is 5.32 Å². The second-order valence-corrected chi connectivity index (χ2v) is 5.74. The molecular formula is C17H19NOS. The van der Waals surface area contributed by atoms with Crippen molar-refractivity contribution < 1.29 is 4.74 Å². The summed E-state index contributed by atoms with van der Waals surface area (Å²) >= 11 is 4.77. The largest absolute Gasteiger partial charge is 0.457 e. The fourth-order valence-corrected chi connectivity index (χ4v) is 3.00. The Morgan fingerprint density at radius 2 is 1.70 bits per heavy atom. The van der Waals surface area contributed by atoms with Crippen LogP contribution in [0.2, 0.25) is 0 Å². The molecule has 3 heteroatoms. The summed E-state index contributed by atoms with van der Waals surface area (Å²) in [7, 11) is 0. The van der Waals surface area contributed by atoms with Gasteiger partial charge in [-0.25, -0.2) is 0 Å². The first-order valence-corrected chi connectivity index (χ1v) is 7.56. The molecule has 1 aliphatic rings. The Morgan fingerprint density at radius 1 is 1.00 bits per heavy atom. The fraction of sp³-hybridized carbons (Fsp3) is 0.294. The van der Waals surface area contributed by atoms with Crippen LogP contribution in [0.3, 0.4) is 0 Å². The molecule has 0 spiro atoms. The first kappa shape index (κ1) is 13.5. The van der Waals surface area contributed by atoms with Gasteiger partial charge in [0.15, 0.2) is 0 Å². The third-order valence-electron chi connectivity index (χ3n) is 3.75. The number of para-hydroxylation sites is 1. The summed E-state index contributed by atoms with van der Waals surface area (Å²) < 4.78 is 5.80. The van der Waals surface area contributed by atoms with Gasteiger partial charge in [0.2, 0.25) is 0 Å². The van der Waals surface area contributed by atoms with Crippen LogP contribution in [-0.2, 0) is 0 Å². The standard InChI is InChI=1S/C17H19NOS/c20-17(14-10-11-18-12-14)13-6-8-16(9-7-13)19-15-4-2-1-3-5-15/h1-9,14,17-18,20H,10-12H2/t14-,17?/m1/s1. The van der Waals surface area contributed by atoms with E-state index in [4.69, 9.17) is 17.4 Å². The smallest absolute Gasteiger partial charge is 0.127 e. The van der Waals surface area contributed by atoms with Crippen LogP contribution < -0.4 is 10.1 Å². The van der Waals surface area contributed by atoms with Gasteiger partial charge in [0.25, 0.3) is 0 Å². The lowest BCUT2D eigenvalue weighted by molar-refractivity contribution is 0.482. The molecule has 1 N–H and O–H groups in total. The van der Waals surface area contributed by atoms with E-state index in [0.717, 1.165) is 24.6 Å². The van der Waals surface area contributed by atoms with Gasteiger partial charge >= 0.3 is 0 Å². The molecule has 0 aliphatic carbocycles. The molecule has 0 saturated carbocycles. The minimum Gasteiger partial charge on any atom is -0.457 e. The Balaban J connectivity index is 1.68. The van der Waals surface area contributed by atoms with Crippen molar-refractivity contribution in [1.29, 1.82) is 0 Å². The predicted octanol–water partition coefficient (Wildman–Crippen LogP) is 4.06. The van der Waals surface area contributed by atoms with Gasteiger partial charge < -0.3 is 10.1 Å². The van der Waals surface area contributed by atoms with Gasteiger partial charge in [-0.1, -0.05) is 30.3 Å². The Labute approximate surface area is 125 Å². The number of rotatable bonds is 4. The van der Waals surface area contributed by atoms with Gasteiger partial charge in [-0.05, 0) is 55.3 Å². The second-order valence-electron chi connectivity index (χ2n) is 5.18. The number of hydrogen-bond acceptors (Lipinski definition) is 3. The van der Waals surface area contributed by atoms with Crippen molar-refractivity contribution in [3.63, 3.8) is 0 Å². The Kier molecular flexibility index (Phi) is 4.28. The molecule has 1 fully saturated rings. The van der Waals surface area contributed by atoms with E-state index in [1.807, 2.05) is 42.5 Å². The van der Waals surface area contributed by atoms with E-state index >= 15 is 0 Å². The van der Waals surface area contributed by atoms with Crippen molar-refractivity contribution in [3.05, 3.63) is 60.2 Å². The SMILES string of the molecule is SC(c1ccc(Oc2ccccc2)cc1)[C@@H]1CCNC1. The molecule has 2 aromatic rings. The summed E-state index contributed by atoms with van der Waals surface area (Å²) in [6.07, 6.45) is 1.20. The summed E-state index contributed by atoms with van der Waals surface area (Å²) in [6, 6.07) is 18.1. The third kappa shape index (κ3) is 3.17. The molecule has 1 aliphatic heterocycles. The normalized spacial score (nSPS) is 19.8. The molecule has 3 rings (SSSR count). The molecule has 1 saturated heterocycles. The summed E-state index contributed by atoms with van der Waals surface area (Å²) in [4.78, 5) is 0. The fourth-order valence-electron chi connectivity index (χ4n) is 2.58. The van der Waals surface area contributed by atoms with Crippen LogP contribution in [0.4, 0.5) is 0 Å². The number of ether oxygens (including phenoxy) is 1. The van der Waals surface area contributed by atoms with Crippen LogP contribution in [0.25, 0.3) is 0 Å². The van der Waals surface area contributed by atoms with Crippen molar-refractivity contribution >= 4 is 12.6 Å². The van der Waals surface area contributed by atoms with E-state index in [1.54, 1.807) is 0 Å². The second kappa shape index (κ2) is 6.33. The molecular weight excluding hydrogens is 266 g/mol. The van der Waals surface area contributed by atoms with E-state index in [2.05, 4.69) is 17.4 Å². The highest BCUT2D eigenvalue weighted by Crippen LogP contribution is 2.33. The van der Waals surface area contributed by atoms with Gasteiger partial charge in [0.05, 0.1) is 0 Å². The lowest BCUT2D eigenvalue weighted by Gasteiger charge is -2.18. The van der Waals surface area contributed by atoms with Crippen molar-refractivity contribution in [3.8, 4) is 11.5 Å². The highest BCUT2D eigenvalue weighted by atomic mass is 32.1. The summed E-state index contributed by atoms with van der Waals surface area (Å²) in [5.74, 6) is 2.35. The zero-order valence-corrected chi connectivity index (χ0v) is 12.2. The number of thiol groups is 1. The lowest BCUT2D eigenvalue weighted by atomic mass is 9.98. The van der Waals surface area contributed by atoms with Gasteiger partial charge in [-0.2, -0.15) is 12.6 Å². The summed E-state index contributed by atoms with van der Waals surface area (Å²) in [6.45, 7) is 2.17. The Bertz CT molecular complexity index is 535. The maximum Gasteiger partial charge on any atom is 0.127 e. The highest BCUT2D eigenvalue weighted by Gasteiger charge is 2.23. The maximum atomic E-state index is 5.80. The Hall–Kier alpha value is -1.45. The molecule has 0 bridgehead atoms. The van der Waals surface area contributed by atoms with Crippen LogP contribution in [0.15, 0.2) is 54.6 Å². The van der Waals surface area contributed by atoms with Gasteiger partial charge in [0, 0.05) is 5.25 Å². The molecule has 104 valence electrons. The van der Waals surface area contributed by atoms with Crippen LogP contribution in [0.1, 0.15) is 17.2 Å². The Morgan fingerprint density at radius 3 is 2.35 bits per heavy atom. The molecule has 0 aromatic heterocycles. The number of benzene rings is 2. The molecule has 0 radical (unpaired) electrons. The molecule has 1 heterocycles. The average Bonchev–Trinajstić information content (AvgIpc) is 3.03. The first-order valence-electron chi connectivity index (χ1n) is 7.04. The quantitative estimate of drug-likeness (QED) is 0.827. The summed E-state index contributed by atoms with van der Waals surface area (Å²) in [5, 5.41) is 3.70.